The molecule has 1 atom stereocenters. The molecule has 0 saturated heterocycles. The summed E-state index contributed by atoms with van der Waals surface area (Å²) in [6.07, 6.45) is 0. The van der Waals surface area contributed by atoms with Crippen molar-refractivity contribution in [1.82, 2.24) is 9.97 Å². The van der Waals surface area contributed by atoms with Crippen molar-refractivity contribution in [3.05, 3.63) is 47.5 Å². The minimum absolute atomic E-state index is 0.0206. The number of phenolic OH excluding ortho intramolecular Hbond substituents is 1. The SMILES string of the molecule is C[C@@H](N)CNc1nc(-c2ccccc2O)nc2ccc(Cl)cc12. The van der Waals surface area contributed by atoms with Gasteiger partial charge in [0.2, 0.25) is 0 Å². The predicted molar refractivity (Wildman–Crippen MR) is 93.8 cm³/mol. The molecule has 0 bridgehead atoms. The number of phenols is 1. The second-order valence-electron chi connectivity index (χ2n) is 5.43. The number of aromatic nitrogens is 2. The fraction of sp³-hybridized carbons (Fsp3) is 0.176. The van der Waals surface area contributed by atoms with Crippen LogP contribution < -0.4 is 11.1 Å². The van der Waals surface area contributed by atoms with Gasteiger partial charge in [0.15, 0.2) is 5.82 Å². The Hall–Kier alpha value is -2.37. The second kappa shape index (κ2) is 6.40. The Bertz CT molecular complexity index is 851. The van der Waals surface area contributed by atoms with Gasteiger partial charge >= 0.3 is 0 Å². The predicted octanol–water partition coefficient (Wildman–Crippen LogP) is 3.41. The molecular weight excluding hydrogens is 312 g/mol. The van der Waals surface area contributed by atoms with Crippen LogP contribution in [-0.2, 0) is 0 Å². The first-order valence-electron chi connectivity index (χ1n) is 7.29. The monoisotopic (exact) mass is 328 g/mol. The molecule has 5 nitrogen and oxygen atoms in total. The summed E-state index contributed by atoms with van der Waals surface area (Å²) < 4.78 is 0. The fourth-order valence-corrected chi connectivity index (χ4v) is 2.45. The van der Waals surface area contributed by atoms with Gasteiger partial charge < -0.3 is 16.2 Å². The minimum atomic E-state index is -0.0206. The maximum atomic E-state index is 10.0. The lowest BCUT2D eigenvalue weighted by atomic mass is 10.1. The van der Waals surface area contributed by atoms with Gasteiger partial charge in [0.1, 0.15) is 11.6 Å². The third-order valence-corrected chi connectivity index (χ3v) is 3.63. The van der Waals surface area contributed by atoms with Crippen LogP contribution in [0.2, 0.25) is 5.02 Å². The molecule has 0 unspecified atom stereocenters. The molecule has 2 aromatic carbocycles. The van der Waals surface area contributed by atoms with Crippen LogP contribution in [0.25, 0.3) is 22.3 Å². The number of nitrogens with zero attached hydrogens (tertiary/aromatic N) is 2. The topological polar surface area (TPSA) is 84.1 Å². The van der Waals surface area contributed by atoms with Gasteiger partial charge in [-0.15, -0.1) is 0 Å². The molecule has 0 amide bonds. The number of hydrogen-bond acceptors (Lipinski definition) is 5. The molecule has 23 heavy (non-hydrogen) atoms. The molecule has 3 aromatic rings. The number of rotatable bonds is 4. The summed E-state index contributed by atoms with van der Waals surface area (Å²) in [7, 11) is 0. The van der Waals surface area contributed by atoms with Crippen LogP contribution in [0.3, 0.4) is 0 Å². The van der Waals surface area contributed by atoms with E-state index in [-0.39, 0.29) is 11.8 Å². The van der Waals surface area contributed by atoms with E-state index >= 15 is 0 Å². The Labute approximate surface area is 139 Å². The molecular formula is C17H17ClN4O. The van der Waals surface area contributed by atoms with E-state index in [4.69, 9.17) is 17.3 Å². The van der Waals surface area contributed by atoms with Gasteiger partial charge in [-0.3, -0.25) is 0 Å². The molecule has 1 aromatic heterocycles. The summed E-state index contributed by atoms with van der Waals surface area (Å²) in [4.78, 5) is 9.08. The number of anilines is 1. The van der Waals surface area contributed by atoms with Crippen LogP contribution in [0.15, 0.2) is 42.5 Å². The van der Waals surface area contributed by atoms with E-state index in [0.717, 1.165) is 10.9 Å². The maximum absolute atomic E-state index is 10.0. The van der Waals surface area contributed by atoms with Crippen molar-refractivity contribution in [2.45, 2.75) is 13.0 Å². The number of nitrogens with two attached hydrogens (primary N) is 1. The first kappa shape index (κ1) is 15.5. The van der Waals surface area contributed by atoms with E-state index in [0.29, 0.717) is 28.8 Å². The van der Waals surface area contributed by atoms with Gasteiger partial charge in [0, 0.05) is 23.0 Å². The zero-order valence-electron chi connectivity index (χ0n) is 12.6. The van der Waals surface area contributed by atoms with Crippen molar-refractivity contribution in [2.75, 3.05) is 11.9 Å². The minimum Gasteiger partial charge on any atom is -0.507 e. The highest BCUT2D eigenvalue weighted by Crippen LogP contribution is 2.31. The van der Waals surface area contributed by atoms with E-state index in [1.54, 1.807) is 24.3 Å². The van der Waals surface area contributed by atoms with Crippen molar-refractivity contribution in [1.29, 1.82) is 0 Å². The molecule has 1 heterocycles. The molecule has 118 valence electrons. The lowest BCUT2D eigenvalue weighted by molar-refractivity contribution is 0.477. The average Bonchev–Trinajstić information content (AvgIpc) is 2.53. The summed E-state index contributed by atoms with van der Waals surface area (Å²) in [5, 5.41) is 14.7. The number of aromatic hydroxyl groups is 1. The van der Waals surface area contributed by atoms with Crippen molar-refractivity contribution in [3.8, 4) is 17.1 Å². The van der Waals surface area contributed by atoms with Crippen molar-refractivity contribution < 1.29 is 5.11 Å². The van der Waals surface area contributed by atoms with Crippen molar-refractivity contribution >= 4 is 28.3 Å². The van der Waals surface area contributed by atoms with E-state index in [9.17, 15) is 5.11 Å². The Balaban J connectivity index is 2.17. The molecule has 4 N–H and O–H groups in total. The normalized spacial score (nSPS) is 12.3. The highest BCUT2D eigenvalue weighted by molar-refractivity contribution is 6.31. The third kappa shape index (κ3) is 3.36. The van der Waals surface area contributed by atoms with E-state index in [2.05, 4.69) is 15.3 Å². The highest BCUT2D eigenvalue weighted by Gasteiger charge is 2.12. The van der Waals surface area contributed by atoms with Gasteiger partial charge in [-0.05, 0) is 37.3 Å². The van der Waals surface area contributed by atoms with E-state index in [1.165, 1.54) is 0 Å². The summed E-state index contributed by atoms with van der Waals surface area (Å²) in [5.41, 5.74) is 7.14. The Morgan fingerprint density at radius 2 is 2.00 bits per heavy atom. The van der Waals surface area contributed by atoms with Crippen molar-refractivity contribution in [3.63, 3.8) is 0 Å². The fourth-order valence-electron chi connectivity index (χ4n) is 2.28. The molecule has 0 aliphatic rings. The van der Waals surface area contributed by atoms with Crippen LogP contribution in [-0.4, -0.2) is 27.7 Å². The second-order valence-corrected chi connectivity index (χ2v) is 5.87. The van der Waals surface area contributed by atoms with Gasteiger partial charge in [-0.1, -0.05) is 23.7 Å². The maximum Gasteiger partial charge on any atom is 0.165 e. The van der Waals surface area contributed by atoms with E-state index < -0.39 is 0 Å². The molecule has 0 aliphatic heterocycles. The smallest absolute Gasteiger partial charge is 0.165 e. The number of fused-ring (bicyclic) bond motifs is 1. The van der Waals surface area contributed by atoms with Crippen LogP contribution in [0.1, 0.15) is 6.92 Å². The lowest BCUT2D eigenvalue weighted by Crippen LogP contribution is -2.25. The Kier molecular flexibility index (Phi) is 4.32. The van der Waals surface area contributed by atoms with Gasteiger partial charge in [0.25, 0.3) is 0 Å². The largest absolute Gasteiger partial charge is 0.507 e. The number of benzene rings is 2. The van der Waals surface area contributed by atoms with Crippen LogP contribution in [0, 0.1) is 0 Å². The first-order valence-corrected chi connectivity index (χ1v) is 7.67. The van der Waals surface area contributed by atoms with E-state index in [1.807, 2.05) is 25.1 Å². The lowest BCUT2D eigenvalue weighted by Gasteiger charge is -2.13. The molecule has 0 saturated carbocycles. The van der Waals surface area contributed by atoms with Crippen LogP contribution >= 0.6 is 11.6 Å². The zero-order chi connectivity index (χ0) is 16.4. The summed E-state index contributed by atoms with van der Waals surface area (Å²) in [6, 6.07) is 12.4. The quantitative estimate of drug-likeness (QED) is 0.683. The summed E-state index contributed by atoms with van der Waals surface area (Å²) in [6.45, 7) is 2.48. The molecule has 3 rings (SSSR count). The third-order valence-electron chi connectivity index (χ3n) is 3.39. The number of hydrogen-bond donors (Lipinski definition) is 3. The Morgan fingerprint density at radius 1 is 1.22 bits per heavy atom. The average molecular weight is 329 g/mol. The molecule has 0 radical (unpaired) electrons. The number of nitrogens with one attached hydrogen (secondary N) is 1. The summed E-state index contributed by atoms with van der Waals surface area (Å²) >= 11 is 6.09. The van der Waals surface area contributed by atoms with Crippen LogP contribution in [0.5, 0.6) is 5.75 Å². The standard InChI is InChI=1S/C17H17ClN4O/c1-10(19)9-20-16-13-8-11(18)6-7-14(13)21-17(22-16)12-4-2-3-5-15(12)23/h2-8,10,23H,9,19H2,1H3,(H,20,21,22)/t10-/m1/s1. The highest BCUT2D eigenvalue weighted by atomic mass is 35.5. The zero-order valence-corrected chi connectivity index (χ0v) is 13.4. The van der Waals surface area contributed by atoms with Gasteiger partial charge in [-0.2, -0.15) is 0 Å². The molecule has 6 heteroatoms. The van der Waals surface area contributed by atoms with Gasteiger partial charge in [-0.25, -0.2) is 9.97 Å². The number of para-hydroxylation sites is 1. The number of halogens is 1. The molecule has 0 spiro atoms. The van der Waals surface area contributed by atoms with Crippen LogP contribution in [0.4, 0.5) is 5.82 Å². The molecule has 0 aliphatic carbocycles. The summed E-state index contributed by atoms with van der Waals surface area (Å²) in [5.74, 6) is 1.23. The first-order chi connectivity index (χ1) is 11.0. The molecule has 0 fully saturated rings. The van der Waals surface area contributed by atoms with Crippen molar-refractivity contribution in [2.24, 2.45) is 5.73 Å². The Morgan fingerprint density at radius 3 is 2.74 bits per heavy atom. The van der Waals surface area contributed by atoms with Gasteiger partial charge in [0.05, 0.1) is 11.1 Å².